The minimum absolute atomic E-state index is 0.479. The van der Waals surface area contributed by atoms with Gasteiger partial charge in [-0.2, -0.15) is 0 Å². The Morgan fingerprint density at radius 2 is 2.08 bits per heavy atom. The highest BCUT2D eigenvalue weighted by atomic mass is 31.2. The number of hydrogen-bond donors (Lipinski definition) is 2. The Labute approximate surface area is 76.1 Å². The standard InChI is InChI=1S/C6H12NO5P/c1-11-13(10,12-2)4-3-6(9)7-5-8/h3-4,8H,5H2,1-2H3,(H,7,9). The third-order valence-electron chi connectivity index (χ3n) is 1.17. The van der Waals surface area contributed by atoms with Crippen LogP contribution in [0.15, 0.2) is 11.9 Å². The van der Waals surface area contributed by atoms with Crippen molar-refractivity contribution < 1.29 is 23.5 Å². The van der Waals surface area contributed by atoms with Crippen LogP contribution in [0.5, 0.6) is 0 Å². The van der Waals surface area contributed by atoms with Crippen molar-refractivity contribution in [3.63, 3.8) is 0 Å². The van der Waals surface area contributed by atoms with Gasteiger partial charge in [0.05, 0.1) is 0 Å². The molecule has 0 aromatic heterocycles. The molecule has 0 aliphatic rings. The molecule has 0 saturated heterocycles. The van der Waals surface area contributed by atoms with Gasteiger partial charge >= 0.3 is 7.60 Å². The smallest absolute Gasteiger partial charge is 0.353 e. The first-order valence-electron chi connectivity index (χ1n) is 3.37. The molecule has 1 amide bonds. The second-order valence-electron chi connectivity index (χ2n) is 1.92. The molecule has 0 saturated carbocycles. The molecule has 2 N–H and O–H groups in total. The van der Waals surface area contributed by atoms with Gasteiger partial charge in [0, 0.05) is 26.1 Å². The van der Waals surface area contributed by atoms with Crippen LogP contribution in [0.4, 0.5) is 0 Å². The average Bonchev–Trinajstić information content (AvgIpc) is 2.15. The SMILES string of the molecule is COP(=O)(C=CC(=O)NCO)OC. The van der Waals surface area contributed by atoms with Crippen molar-refractivity contribution in [3.05, 3.63) is 11.9 Å². The van der Waals surface area contributed by atoms with Crippen LogP contribution in [0.1, 0.15) is 0 Å². The Kier molecular flexibility index (Phi) is 5.57. The molecule has 0 radical (unpaired) electrons. The number of aliphatic hydroxyl groups excluding tert-OH is 1. The first-order chi connectivity index (χ1) is 6.08. The molecule has 0 unspecified atom stereocenters. The fourth-order valence-corrected chi connectivity index (χ4v) is 1.20. The van der Waals surface area contributed by atoms with Crippen molar-refractivity contribution in [2.45, 2.75) is 0 Å². The summed E-state index contributed by atoms with van der Waals surface area (Å²) in [5, 5.41) is 10.3. The van der Waals surface area contributed by atoms with E-state index in [0.717, 1.165) is 11.9 Å². The second kappa shape index (κ2) is 5.88. The second-order valence-corrected chi connectivity index (χ2v) is 4.03. The van der Waals surface area contributed by atoms with Crippen LogP contribution < -0.4 is 5.32 Å². The lowest BCUT2D eigenvalue weighted by atomic mass is 10.6. The predicted octanol–water partition coefficient (Wildman–Crippen LogP) is 0.0520. The number of aliphatic hydroxyl groups is 1. The molecule has 0 rings (SSSR count). The van der Waals surface area contributed by atoms with E-state index in [9.17, 15) is 9.36 Å². The van der Waals surface area contributed by atoms with Crippen molar-refractivity contribution in [1.29, 1.82) is 0 Å². The van der Waals surface area contributed by atoms with E-state index in [1.165, 1.54) is 14.2 Å². The summed E-state index contributed by atoms with van der Waals surface area (Å²) < 4.78 is 20.3. The van der Waals surface area contributed by atoms with Gasteiger partial charge in [0.15, 0.2) is 0 Å². The van der Waals surface area contributed by atoms with Crippen LogP contribution in [-0.4, -0.2) is 32.0 Å². The van der Waals surface area contributed by atoms with Crippen LogP contribution in [0, 0.1) is 0 Å². The molecule has 0 aliphatic carbocycles. The summed E-state index contributed by atoms with van der Waals surface area (Å²) in [5.74, 6) is 0.440. The molecule has 76 valence electrons. The Morgan fingerprint density at radius 1 is 1.54 bits per heavy atom. The third kappa shape index (κ3) is 4.80. The molecule has 0 aliphatic heterocycles. The molecule has 0 spiro atoms. The summed E-state index contributed by atoms with van der Waals surface area (Å²) in [6.45, 7) is -0.479. The molecule has 0 fully saturated rings. The molecule has 7 heteroatoms. The van der Waals surface area contributed by atoms with Crippen LogP contribution in [0.3, 0.4) is 0 Å². The highest BCUT2D eigenvalue weighted by Gasteiger charge is 2.15. The Balaban J connectivity index is 4.23. The van der Waals surface area contributed by atoms with E-state index >= 15 is 0 Å². The minimum atomic E-state index is -3.28. The highest BCUT2D eigenvalue weighted by molar-refractivity contribution is 7.57. The van der Waals surface area contributed by atoms with Crippen molar-refractivity contribution in [3.8, 4) is 0 Å². The van der Waals surface area contributed by atoms with Crippen LogP contribution in [0.2, 0.25) is 0 Å². The zero-order chi connectivity index (χ0) is 10.3. The molecule has 0 aromatic rings. The third-order valence-corrected chi connectivity index (χ3v) is 2.70. The van der Waals surface area contributed by atoms with Crippen molar-refractivity contribution >= 4 is 13.5 Å². The predicted molar refractivity (Wildman–Crippen MR) is 46.0 cm³/mol. The van der Waals surface area contributed by atoms with Gasteiger partial charge in [-0.15, -0.1) is 0 Å². The molecule has 0 heterocycles. The Hall–Kier alpha value is -0.680. The van der Waals surface area contributed by atoms with E-state index in [1.807, 2.05) is 0 Å². The maximum Gasteiger partial charge on any atom is 0.353 e. The summed E-state index contributed by atoms with van der Waals surface area (Å²) in [6.07, 6.45) is 0.976. The first-order valence-corrected chi connectivity index (χ1v) is 4.98. The largest absolute Gasteiger partial charge is 0.376 e. The maximum absolute atomic E-state index is 11.3. The molecular weight excluding hydrogens is 197 g/mol. The molecule has 0 bridgehead atoms. The van der Waals surface area contributed by atoms with Gasteiger partial charge in [-0.25, -0.2) is 0 Å². The molecule has 6 nitrogen and oxygen atoms in total. The van der Waals surface area contributed by atoms with E-state index in [2.05, 4.69) is 14.4 Å². The van der Waals surface area contributed by atoms with Gasteiger partial charge in [-0.1, -0.05) is 0 Å². The lowest BCUT2D eigenvalue weighted by Crippen LogP contribution is -2.21. The van der Waals surface area contributed by atoms with E-state index in [0.29, 0.717) is 0 Å². The Bertz CT molecular complexity index is 231. The lowest BCUT2D eigenvalue weighted by molar-refractivity contribution is -0.117. The monoisotopic (exact) mass is 209 g/mol. The normalized spacial score (nSPS) is 11.9. The molecule has 0 aromatic carbocycles. The molecular formula is C6H12NO5P. The number of carbonyl (C=O) groups excluding carboxylic acids is 1. The number of hydrogen-bond acceptors (Lipinski definition) is 5. The van der Waals surface area contributed by atoms with Gasteiger partial charge in [0.2, 0.25) is 5.91 Å². The fraction of sp³-hybridized carbons (Fsp3) is 0.500. The van der Waals surface area contributed by atoms with E-state index in [-0.39, 0.29) is 0 Å². The molecule has 13 heavy (non-hydrogen) atoms. The molecule has 0 atom stereocenters. The van der Waals surface area contributed by atoms with Gasteiger partial charge in [0.25, 0.3) is 0 Å². The highest BCUT2D eigenvalue weighted by Crippen LogP contribution is 2.47. The van der Waals surface area contributed by atoms with Crippen LogP contribution in [-0.2, 0) is 18.4 Å². The van der Waals surface area contributed by atoms with Gasteiger partial charge in [0.1, 0.15) is 6.73 Å². The lowest BCUT2D eigenvalue weighted by Gasteiger charge is -2.07. The summed E-state index contributed by atoms with van der Waals surface area (Å²) in [5.41, 5.74) is 0. The number of rotatable bonds is 5. The maximum atomic E-state index is 11.3. The van der Waals surface area contributed by atoms with E-state index in [4.69, 9.17) is 5.11 Å². The van der Waals surface area contributed by atoms with Gasteiger partial charge < -0.3 is 19.5 Å². The topological polar surface area (TPSA) is 84.9 Å². The summed E-state index contributed by atoms with van der Waals surface area (Å²) in [4.78, 5) is 10.7. The minimum Gasteiger partial charge on any atom is -0.376 e. The van der Waals surface area contributed by atoms with Crippen LogP contribution in [0.25, 0.3) is 0 Å². The summed E-state index contributed by atoms with van der Waals surface area (Å²) in [6, 6.07) is 0. The fourth-order valence-electron chi connectivity index (χ4n) is 0.492. The summed E-state index contributed by atoms with van der Waals surface area (Å²) in [7, 11) is -0.868. The van der Waals surface area contributed by atoms with E-state index < -0.39 is 20.2 Å². The van der Waals surface area contributed by atoms with Crippen molar-refractivity contribution in [1.82, 2.24) is 5.32 Å². The zero-order valence-corrected chi connectivity index (χ0v) is 8.28. The van der Waals surface area contributed by atoms with Gasteiger partial charge in [-0.3, -0.25) is 9.36 Å². The average molecular weight is 209 g/mol. The van der Waals surface area contributed by atoms with Crippen LogP contribution >= 0.6 is 7.60 Å². The number of nitrogens with one attached hydrogen (secondary N) is 1. The zero-order valence-electron chi connectivity index (χ0n) is 7.39. The van der Waals surface area contributed by atoms with Crippen molar-refractivity contribution in [2.75, 3.05) is 21.0 Å². The first kappa shape index (κ1) is 12.3. The number of amides is 1. The number of carbonyl (C=O) groups is 1. The van der Waals surface area contributed by atoms with Crippen molar-refractivity contribution in [2.24, 2.45) is 0 Å². The van der Waals surface area contributed by atoms with E-state index in [1.54, 1.807) is 0 Å². The summed E-state index contributed by atoms with van der Waals surface area (Å²) >= 11 is 0. The van der Waals surface area contributed by atoms with Gasteiger partial charge in [-0.05, 0) is 0 Å². The quantitative estimate of drug-likeness (QED) is 0.379. The Morgan fingerprint density at radius 3 is 2.46 bits per heavy atom.